The van der Waals surface area contributed by atoms with Crippen molar-refractivity contribution in [2.45, 2.75) is 26.2 Å². The van der Waals surface area contributed by atoms with Gasteiger partial charge in [0.15, 0.2) is 7.05 Å². The van der Waals surface area contributed by atoms with Crippen LogP contribution in [0.5, 0.6) is 0 Å². The van der Waals surface area contributed by atoms with Gasteiger partial charge in [-0.05, 0) is 34.7 Å². The van der Waals surface area contributed by atoms with Gasteiger partial charge in [0, 0.05) is 15.7 Å². The lowest BCUT2D eigenvalue weighted by molar-refractivity contribution is -0.427. The Morgan fingerprint density at radius 2 is 1.60 bits per heavy atom. The van der Waals surface area contributed by atoms with Crippen molar-refractivity contribution in [3.05, 3.63) is 58.8 Å². The van der Waals surface area contributed by atoms with Crippen molar-refractivity contribution in [1.82, 2.24) is 0 Å². The molecule has 2 aromatic rings. The van der Waals surface area contributed by atoms with Gasteiger partial charge in [0.05, 0.1) is 5.56 Å². The molecule has 0 amide bonds. The van der Waals surface area contributed by atoms with Crippen LogP contribution >= 0.6 is 0 Å². The maximum Gasteiger partial charge on any atom is 0.263 e. The zero-order valence-electron chi connectivity index (χ0n) is 12.3. The molecule has 0 aliphatic rings. The fourth-order valence-electron chi connectivity index (χ4n) is 2.13. The first-order valence-corrected chi connectivity index (χ1v) is 6.60. The largest absolute Gasteiger partial charge is 0.263 e. The summed E-state index contributed by atoms with van der Waals surface area (Å²) in [7, 11) is 1.48. The molecule has 0 saturated carbocycles. The molecular formula is C17H19FNO+. The fourth-order valence-corrected chi connectivity index (χ4v) is 2.13. The van der Waals surface area contributed by atoms with Crippen molar-refractivity contribution in [2.24, 2.45) is 0 Å². The van der Waals surface area contributed by atoms with Gasteiger partial charge in [-0.15, -0.1) is 0 Å². The van der Waals surface area contributed by atoms with E-state index in [4.69, 9.17) is 0 Å². The third-order valence-electron chi connectivity index (χ3n) is 3.36. The van der Waals surface area contributed by atoms with Crippen molar-refractivity contribution in [3.63, 3.8) is 0 Å². The average molecular weight is 272 g/mol. The SMILES string of the molecule is C[N+](=O)c1cc(C(C)(C)C)ccc1-c1ccc(F)cc1. The lowest BCUT2D eigenvalue weighted by Crippen LogP contribution is -2.11. The Kier molecular flexibility index (Phi) is 3.71. The van der Waals surface area contributed by atoms with E-state index in [9.17, 15) is 9.30 Å². The molecule has 104 valence electrons. The van der Waals surface area contributed by atoms with Crippen LogP contribution in [0.3, 0.4) is 0 Å². The van der Waals surface area contributed by atoms with Gasteiger partial charge >= 0.3 is 0 Å². The quantitative estimate of drug-likeness (QED) is 0.717. The van der Waals surface area contributed by atoms with Crippen LogP contribution in [-0.4, -0.2) is 11.8 Å². The van der Waals surface area contributed by atoms with Crippen molar-refractivity contribution < 1.29 is 9.15 Å². The van der Waals surface area contributed by atoms with Gasteiger partial charge in [0.2, 0.25) is 0 Å². The number of rotatable bonds is 2. The van der Waals surface area contributed by atoms with Crippen LogP contribution in [0.1, 0.15) is 26.3 Å². The second-order valence-corrected chi connectivity index (χ2v) is 5.99. The Labute approximate surface area is 118 Å². The molecule has 0 aliphatic heterocycles. The molecule has 0 aliphatic carbocycles. The van der Waals surface area contributed by atoms with Crippen molar-refractivity contribution in [2.75, 3.05) is 7.05 Å². The average Bonchev–Trinajstić information content (AvgIpc) is 2.38. The number of halogens is 1. The van der Waals surface area contributed by atoms with Crippen LogP contribution in [-0.2, 0) is 5.41 Å². The van der Waals surface area contributed by atoms with E-state index in [0.717, 1.165) is 21.5 Å². The maximum absolute atomic E-state index is 13.0. The van der Waals surface area contributed by atoms with E-state index in [1.807, 2.05) is 18.2 Å². The molecule has 2 nitrogen and oxygen atoms in total. The molecule has 2 rings (SSSR count). The lowest BCUT2D eigenvalue weighted by Gasteiger charge is -2.19. The Balaban J connectivity index is 2.59. The first-order valence-electron chi connectivity index (χ1n) is 6.60. The minimum absolute atomic E-state index is 0.0217. The van der Waals surface area contributed by atoms with Crippen LogP contribution in [0, 0.1) is 10.7 Å². The third kappa shape index (κ3) is 2.93. The molecule has 0 saturated heterocycles. The predicted octanol–water partition coefficient (Wildman–Crippen LogP) is 4.83. The van der Waals surface area contributed by atoms with E-state index in [-0.39, 0.29) is 11.2 Å². The normalized spacial score (nSPS) is 11.4. The van der Waals surface area contributed by atoms with E-state index in [1.165, 1.54) is 19.2 Å². The third-order valence-corrected chi connectivity index (χ3v) is 3.36. The van der Waals surface area contributed by atoms with Crippen molar-refractivity contribution in [3.8, 4) is 11.1 Å². The van der Waals surface area contributed by atoms with Crippen LogP contribution < -0.4 is 0 Å². The minimum atomic E-state index is -0.280. The molecule has 0 aromatic heterocycles. The Bertz CT molecular complexity index is 639. The standard InChI is InChI=1S/C17H19FNO/c1-17(2,3)13-7-10-15(16(11-13)19(4)20)12-5-8-14(18)9-6-12/h5-11H,1-4H3/q+1. The molecule has 0 unspecified atom stereocenters. The zero-order chi connectivity index (χ0) is 14.9. The first-order chi connectivity index (χ1) is 9.29. The van der Waals surface area contributed by atoms with Crippen LogP contribution in [0.25, 0.3) is 11.1 Å². The maximum atomic E-state index is 13.0. The van der Waals surface area contributed by atoms with Gasteiger partial charge in [-0.3, -0.25) is 0 Å². The van der Waals surface area contributed by atoms with Crippen LogP contribution in [0.2, 0.25) is 0 Å². The lowest BCUT2D eigenvalue weighted by atomic mass is 9.85. The summed E-state index contributed by atoms with van der Waals surface area (Å²) in [5.74, 6) is -0.280. The molecule has 0 radical (unpaired) electrons. The van der Waals surface area contributed by atoms with E-state index in [0.29, 0.717) is 5.69 Å². The molecule has 0 N–H and O–H groups in total. The molecule has 0 bridgehead atoms. The summed E-state index contributed by atoms with van der Waals surface area (Å²) >= 11 is 0. The first kappa shape index (κ1) is 14.4. The van der Waals surface area contributed by atoms with Crippen molar-refractivity contribution in [1.29, 1.82) is 0 Å². The summed E-state index contributed by atoms with van der Waals surface area (Å²) in [6.07, 6.45) is 0. The summed E-state index contributed by atoms with van der Waals surface area (Å²) in [6, 6.07) is 12.0. The highest BCUT2D eigenvalue weighted by molar-refractivity contribution is 5.74. The number of benzene rings is 2. The van der Waals surface area contributed by atoms with Gasteiger partial charge in [0.1, 0.15) is 5.82 Å². The Morgan fingerprint density at radius 3 is 2.10 bits per heavy atom. The van der Waals surface area contributed by atoms with Crippen LogP contribution in [0.4, 0.5) is 10.1 Å². The molecule has 20 heavy (non-hydrogen) atoms. The van der Waals surface area contributed by atoms with Gasteiger partial charge in [0.25, 0.3) is 5.69 Å². The highest BCUT2D eigenvalue weighted by Gasteiger charge is 2.21. The number of nitrogens with zero attached hydrogens (tertiary/aromatic N) is 1. The molecular weight excluding hydrogens is 253 g/mol. The van der Waals surface area contributed by atoms with Crippen molar-refractivity contribution >= 4 is 5.69 Å². The summed E-state index contributed by atoms with van der Waals surface area (Å²) < 4.78 is 13.9. The number of nitroso groups, excluding NO2 is 1. The second kappa shape index (κ2) is 5.16. The fraction of sp³-hybridized carbons (Fsp3) is 0.294. The molecule has 3 heteroatoms. The van der Waals surface area contributed by atoms with Crippen LogP contribution in [0.15, 0.2) is 42.5 Å². The van der Waals surface area contributed by atoms with E-state index >= 15 is 0 Å². The topological polar surface area (TPSA) is 20.1 Å². The number of hydrogen-bond acceptors (Lipinski definition) is 1. The summed E-state index contributed by atoms with van der Waals surface area (Å²) in [5.41, 5.74) is 3.33. The van der Waals surface area contributed by atoms with E-state index in [1.54, 1.807) is 12.1 Å². The Hall–Kier alpha value is -2.03. The molecule has 0 fully saturated rings. The molecule has 2 aromatic carbocycles. The van der Waals surface area contributed by atoms with Gasteiger partial charge in [-0.1, -0.05) is 39.0 Å². The monoisotopic (exact) mass is 272 g/mol. The number of hydrogen-bond donors (Lipinski definition) is 0. The van der Waals surface area contributed by atoms with Gasteiger partial charge in [-0.25, -0.2) is 4.39 Å². The molecule has 0 heterocycles. The molecule has 0 spiro atoms. The van der Waals surface area contributed by atoms with Gasteiger partial charge < -0.3 is 0 Å². The summed E-state index contributed by atoms with van der Waals surface area (Å²) in [5, 5.41) is 0. The smallest absolute Gasteiger partial charge is 0.207 e. The zero-order valence-corrected chi connectivity index (χ0v) is 12.3. The highest BCUT2D eigenvalue weighted by atomic mass is 19.1. The molecule has 0 atom stereocenters. The van der Waals surface area contributed by atoms with E-state index < -0.39 is 0 Å². The summed E-state index contributed by atoms with van der Waals surface area (Å²) in [6.45, 7) is 6.32. The minimum Gasteiger partial charge on any atom is -0.207 e. The van der Waals surface area contributed by atoms with Gasteiger partial charge in [-0.2, -0.15) is 0 Å². The predicted molar refractivity (Wildman–Crippen MR) is 79.7 cm³/mol. The second-order valence-electron chi connectivity index (χ2n) is 5.99. The van der Waals surface area contributed by atoms with E-state index in [2.05, 4.69) is 20.8 Å². The highest BCUT2D eigenvalue weighted by Crippen LogP contribution is 2.34. The Morgan fingerprint density at radius 1 is 1.00 bits per heavy atom. The summed E-state index contributed by atoms with van der Waals surface area (Å²) in [4.78, 5) is 11.8.